The van der Waals surface area contributed by atoms with Crippen molar-refractivity contribution in [3.63, 3.8) is 0 Å². The van der Waals surface area contributed by atoms with Crippen molar-refractivity contribution in [1.29, 1.82) is 0 Å². The Labute approximate surface area is 116 Å². The van der Waals surface area contributed by atoms with Gasteiger partial charge in [-0.2, -0.15) is 0 Å². The number of rotatable bonds is 4. The van der Waals surface area contributed by atoms with Crippen molar-refractivity contribution in [3.8, 4) is 0 Å². The Morgan fingerprint density at radius 2 is 2.16 bits per heavy atom. The van der Waals surface area contributed by atoms with E-state index in [1.165, 1.54) is 9.47 Å². The molecule has 1 saturated carbocycles. The number of likely N-dealkylation sites (N-methyl/N-ethyl adjacent to an activating group) is 1. The lowest BCUT2D eigenvalue weighted by Gasteiger charge is -2.28. The number of carbonyl (C=O) groups excluding carboxylic acids is 1. The summed E-state index contributed by atoms with van der Waals surface area (Å²) in [5, 5.41) is 12.0. The van der Waals surface area contributed by atoms with Gasteiger partial charge in [0.1, 0.15) is 6.54 Å². The van der Waals surface area contributed by atoms with Crippen molar-refractivity contribution in [1.82, 2.24) is 9.47 Å². The minimum atomic E-state index is -0.737. The third kappa shape index (κ3) is 3.25. The van der Waals surface area contributed by atoms with Crippen molar-refractivity contribution < 1.29 is 9.90 Å². The normalized spacial score (nSPS) is 17.6. The third-order valence-corrected chi connectivity index (χ3v) is 4.64. The fourth-order valence-electron chi connectivity index (χ4n) is 2.57. The van der Waals surface area contributed by atoms with Gasteiger partial charge in [-0.25, -0.2) is 0 Å². The summed E-state index contributed by atoms with van der Waals surface area (Å²) in [7, 11) is 1.69. The predicted octanol–water partition coefficient (Wildman–Crippen LogP) is 0.982. The van der Waals surface area contributed by atoms with E-state index in [9.17, 15) is 14.7 Å². The van der Waals surface area contributed by atoms with Crippen LogP contribution in [-0.4, -0.2) is 39.7 Å². The predicted molar refractivity (Wildman–Crippen MR) is 74.4 cm³/mol. The molecule has 1 fully saturated rings. The zero-order chi connectivity index (χ0) is 14.0. The van der Waals surface area contributed by atoms with Crippen LogP contribution in [-0.2, 0) is 11.3 Å². The molecular formula is C13H20N2O3S. The smallest absolute Gasteiger partial charge is 0.307 e. The van der Waals surface area contributed by atoms with Crippen LogP contribution in [0.1, 0.15) is 31.4 Å². The number of amides is 1. The first-order valence-corrected chi connectivity index (χ1v) is 7.40. The van der Waals surface area contributed by atoms with Gasteiger partial charge in [0.2, 0.25) is 5.91 Å². The molecule has 1 aromatic rings. The number of nitrogens with zero attached hydrogens (tertiary/aromatic N) is 2. The zero-order valence-electron chi connectivity index (χ0n) is 11.4. The van der Waals surface area contributed by atoms with Crippen LogP contribution in [0.15, 0.2) is 10.2 Å². The standard InChI is InChI=1S/C13H20N2O3S/c1-10-8-19-12(17)15(10)7-11(16)14(2)9-13(18)5-3-4-6-13/h8,18H,3-7,9H2,1-2H3. The Balaban J connectivity index is 1.98. The van der Waals surface area contributed by atoms with Crippen LogP contribution >= 0.6 is 11.3 Å². The van der Waals surface area contributed by atoms with E-state index in [0.29, 0.717) is 6.54 Å². The van der Waals surface area contributed by atoms with Gasteiger partial charge >= 0.3 is 4.87 Å². The highest BCUT2D eigenvalue weighted by Crippen LogP contribution is 2.29. The van der Waals surface area contributed by atoms with E-state index in [2.05, 4.69) is 0 Å². The summed E-state index contributed by atoms with van der Waals surface area (Å²) in [4.78, 5) is 25.1. The molecule has 1 aromatic heterocycles. The molecule has 1 N–H and O–H groups in total. The van der Waals surface area contributed by atoms with Crippen LogP contribution in [0.3, 0.4) is 0 Å². The molecule has 106 valence electrons. The molecule has 2 rings (SSSR count). The summed E-state index contributed by atoms with van der Waals surface area (Å²) in [5.74, 6) is -0.135. The first kappa shape index (κ1) is 14.3. The van der Waals surface area contributed by atoms with Gasteiger partial charge in [0.25, 0.3) is 0 Å². The number of aryl methyl sites for hydroxylation is 1. The van der Waals surface area contributed by atoms with Gasteiger partial charge in [0.15, 0.2) is 0 Å². The highest BCUT2D eigenvalue weighted by atomic mass is 32.1. The average Bonchev–Trinajstić information content (AvgIpc) is 2.90. The number of aromatic nitrogens is 1. The van der Waals surface area contributed by atoms with Gasteiger partial charge in [-0.3, -0.25) is 14.2 Å². The molecular weight excluding hydrogens is 264 g/mol. The molecule has 0 aliphatic heterocycles. The molecule has 1 aliphatic rings. The van der Waals surface area contributed by atoms with Gasteiger partial charge in [0, 0.05) is 24.7 Å². The molecule has 0 radical (unpaired) electrons. The largest absolute Gasteiger partial charge is 0.388 e. The van der Waals surface area contributed by atoms with Crippen LogP contribution in [0.4, 0.5) is 0 Å². The summed E-state index contributed by atoms with van der Waals surface area (Å²) >= 11 is 1.10. The van der Waals surface area contributed by atoms with E-state index >= 15 is 0 Å². The molecule has 0 unspecified atom stereocenters. The Bertz CT molecular complexity index is 514. The molecule has 0 atom stereocenters. The quantitative estimate of drug-likeness (QED) is 0.896. The maximum atomic E-state index is 12.1. The van der Waals surface area contributed by atoms with Crippen LogP contribution in [0.25, 0.3) is 0 Å². The van der Waals surface area contributed by atoms with Crippen LogP contribution in [0, 0.1) is 6.92 Å². The fraction of sp³-hybridized carbons (Fsp3) is 0.692. The summed E-state index contributed by atoms with van der Waals surface area (Å²) < 4.78 is 1.47. The first-order valence-electron chi connectivity index (χ1n) is 6.53. The molecule has 0 bridgehead atoms. The summed E-state index contributed by atoms with van der Waals surface area (Å²) in [5.41, 5.74) is 0.0651. The van der Waals surface area contributed by atoms with Crippen LogP contribution < -0.4 is 4.87 Å². The van der Waals surface area contributed by atoms with E-state index in [0.717, 1.165) is 42.7 Å². The Morgan fingerprint density at radius 3 is 2.68 bits per heavy atom. The van der Waals surface area contributed by atoms with Crippen molar-refractivity contribution in [2.75, 3.05) is 13.6 Å². The number of hydrogen-bond donors (Lipinski definition) is 1. The zero-order valence-corrected chi connectivity index (χ0v) is 12.2. The van der Waals surface area contributed by atoms with Gasteiger partial charge in [-0.05, 0) is 19.8 Å². The molecule has 0 saturated heterocycles. The van der Waals surface area contributed by atoms with E-state index < -0.39 is 5.60 Å². The maximum Gasteiger partial charge on any atom is 0.307 e. The highest BCUT2D eigenvalue weighted by molar-refractivity contribution is 7.07. The second-order valence-corrected chi connectivity index (χ2v) is 6.23. The van der Waals surface area contributed by atoms with E-state index in [-0.39, 0.29) is 17.3 Å². The van der Waals surface area contributed by atoms with E-state index in [4.69, 9.17) is 0 Å². The highest BCUT2D eigenvalue weighted by Gasteiger charge is 2.33. The summed E-state index contributed by atoms with van der Waals surface area (Å²) in [6.45, 7) is 2.22. The maximum absolute atomic E-state index is 12.1. The van der Waals surface area contributed by atoms with Gasteiger partial charge in [-0.15, -0.1) is 0 Å². The minimum absolute atomic E-state index is 0.0563. The molecule has 1 aliphatic carbocycles. The number of hydrogen-bond acceptors (Lipinski definition) is 4. The van der Waals surface area contributed by atoms with E-state index in [1.54, 1.807) is 12.4 Å². The first-order chi connectivity index (χ1) is 8.91. The van der Waals surface area contributed by atoms with Crippen molar-refractivity contribution >= 4 is 17.2 Å². The molecule has 5 nitrogen and oxygen atoms in total. The van der Waals surface area contributed by atoms with Crippen molar-refractivity contribution in [2.45, 2.75) is 44.8 Å². The van der Waals surface area contributed by atoms with Gasteiger partial charge < -0.3 is 10.0 Å². The van der Waals surface area contributed by atoms with Crippen LogP contribution in [0.5, 0.6) is 0 Å². The molecule has 0 aromatic carbocycles. The lowest BCUT2D eigenvalue weighted by molar-refractivity contribution is -0.133. The third-order valence-electron chi connectivity index (χ3n) is 3.76. The Hall–Kier alpha value is -1.14. The molecule has 1 amide bonds. The minimum Gasteiger partial charge on any atom is -0.388 e. The summed E-state index contributed by atoms with van der Waals surface area (Å²) in [6.07, 6.45) is 3.54. The monoisotopic (exact) mass is 284 g/mol. The fourth-order valence-corrected chi connectivity index (χ4v) is 3.31. The number of aliphatic hydroxyl groups is 1. The van der Waals surface area contributed by atoms with Gasteiger partial charge in [0.05, 0.1) is 5.60 Å². The SMILES string of the molecule is Cc1csc(=O)n1CC(=O)N(C)CC1(O)CCCC1. The average molecular weight is 284 g/mol. The second-order valence-electron chi connectivity index (χ2n) is 5.41. The lowest BCUT2D eigenvalue weighted by atomic mass is 10.0. The molecule has 6 heteroatoms. The molecule has 1 heterocycles. The van der Waals surface area contributed by atoms with Gasteiger partial charge in [-0.1, -0.05) is 24.2 Å². The summed E-state index contributed by atoms with van der Waals surface area (Å²) in [6, 6.07) is 0. The second kappa shape index (κ2) is 5.46. The molecule has 19 heavy (non-hydrogen) atoms. The van der Waals surface area contributed by atoms with Crippen molar-refractivity contribution in [3.05, 3.63) is 20.7 Å². The Kier molecular flexibility index (Phi) is 4.10. The lowest BCUT2D eigenvalue weighted by Crippen LogP contribution is -2.43. The van der Waals surface area contributed by atoms with E-state index in [1.807, 2.05) is 6.92 Å². The molecule has 0 spiro atoms. The van der Waals surface area contributed by atoms with Crippen molar-refractivity contribution in [2.24, 2.45) is 0 Å². The van der Waals surface area contributed by atoms with Crippen LogP contribution in [0.2, 0.25) is 0 Å². The number of thiazole rings is 1. The Morgan fingerprint density at radius 1 is 1.53 bits per heavy atom. The number of carbonyl (C=O) groups is 1. The topological polar surface area (TPSA) is 62.5 Å².